The summed E-state index contributed by atoms with van der Waals surface area (Å²) >= 11 is 5.19. The van der Waals surface area contributed by atoms with E-state index >= 15 is 0 Å². The number of aromatic nitrogens is 2. The summed E-state index contributed by atoms with van der Waals surface area (Å²) in [6.07, 6.45) is 1.79. The van der Waals surface area contributed by atoms with Crippen LogP contribution in [0.3, 0.4) is 0 Å². The lowest BCUT2D eigenvalue weighted by atomic mass is 10.6. The van der Waals surface area contributed by atoms with Gasteiger partial charge in [-0.2, -0.15) is 11.8 Å². The molecule has 11 heavy (non-hydrogen) atoms. The fourth-order valence-electron chi connectivity index (χ4n) is 0.656. The molecule has 0 atom stereocenters. The summed E-state index contributed by atoms with van der Waals surface area (Å²) < 4.78 is 0.955. The first-order chi connectivity index (χ1) is 5.18. The zero-order valence-electron chi connectivity index (χ0n) is 6.60. The minimum absolute atomic E-state index is 0.666. The van der Waals surface area contributed by atoms with E-state index in [9.17, 15) is 0 Å². The van der Waals surface area contributed by atoms with Crippen LogP contribution in [0.1, 0.15) is 19.7 Å². The number of H-pyrrole nitrogens is 1. The van der Waals surface area contributed by atoms with Crippen molar-refractivity contribution in [1.82, 2.24) is 9.97 Å². The highest BCUT2D eigenvalue weighted by atomic mass is 79.9. The van der Waals surface area contributed by atoms with Crippen molar-refractivity contribution < 1.29 is 0 Å². The average Bonchev–Trinajstić information content (AvgIpc) is 2.31. The lowest BCUT2D eigenvalue weighted by Crippen LogP contribution is -1.90. The van der Waals surface area contributed by atoms with Crippen LogP contribution in [0.15, 0.2) is 10.8 Å². The molecular formula is C7H11BrN2S. The normalized spacial score (nSPS) is 10.9. The number of hydrogen-bond acceptors (Lipinski definition) is 2. The third-order valence-corrected chi connectivity index (χ3v) is 2.66. The van der Waals surface area contributed by atoms with Crippen molar-refractivity contribution in [2.24, 2.45) is 0 Å². The Kier molecular flexibility index (Phi) is 3.45. The zero-order chi connectivity index (χ0) is 8.27. The van der Waals surface area contributed by atoms with Crippen molar-refractivity contribution in [3.63, 3.8) is 0 Å². The third kappa shape index (κ3) is 3.29. The van der Waals surface area contributed by atoms with Gasteiger partial charge in [-0.3, -0.25) is 0 Å². The summed E-state index contributed by atoms with van der Waals surface area (Å²) in [6, 6.07) is 0. The van der Waals surface area contributed by atoms with Gasteiger partial charge in [0.25, 0.3) is 0 Å². The number of hydrogen-bond donors (Lipinski definition) is 1. The van der Waals surface area contributed by atoms with Crippen LogP contribution in [0.5, 0.6) is 0 Å². The number of aromatic amines is 1. The average molecular weight is 235 g/mol. The molecule has 2 nitrogen and oxygen atoms in total. The van der Waals surface area contributed by atoms with Gasteiger partial charge in [-0.15, -0.1) is 0 Å². The van der Waals surface area contributed by atoms with Crippen molar-refractivity contribution >= 4 is 27.7 Å². The van der Waals surface area contributed by atoms with Crippen molar-refractivity contribution in [3.05, 3.63) is 16.6 Å². The van der Waals surface area contributed by atoms with Crippen LogP contribution in [0.25, 0.3) is 0 Å². The predicted molar refractivity (Wildman–Crippen MR) is 52.7 cm³/mol. The quantitative estimate of drug-likeness (QED) is 0.872. The Labute approximate surface area is 79.3 Å². The van der Waals surface area contributed by atoms with E-state index in [0.717, 1.165) is 16.2 Å². The van der Waals surface area contributed by atoms with E-state index in [4.69, 9.17) is 0 Å². The Hall–Kier alpha value is 0.0400. The molecule has 0 aromatic carbocycles. The van der Waals surface area contributed by atoms with Crippen LogP contribution in [0.4, 0.5) is 0 Å². The van der Waals surface area contributed by atoms with Gasteiger partial charge in [0, 0.05) is 0 Å². The molecule has 0 bridgehead atoms. The van der Waals surface area contributed by atoms with E-state index in [0.29, 0.717) is 5.25 Å². The Balaban J connectivity index is 2.39. The fourth-order valence-corrected chi connectivity index (χ4v) is 1.63. The highest BCUT2D eigenvalue weighted by Crippen LogP contribution is 2.15. The van der Waals surface area contributed by atoms with E-state index in [-0.39, 0.29) is 0 Å². The molecule has 1 aromatic heterocycles. The van der Waals surface area contributed by atoms with Crippen LogP contribution in [-0.4, -0.2) is 15.2 Å². The molecule has 0 unspecified atom stereocenters. The second kappa shape index (κ2) is 4.16. The van der Waals surface area contributed by atoms with Gasteiger partial charge >= 0.3 is 0 Å². The van der Waals surface area contributed by atoms with Crippen LogP contribution in [0.2, 0.25) is 0 Å². The van der Waals surface area contributed by atoms with Crippen LogP contribution >= 0.6 is 27.7 Å². The van der Waals surface area contributed by atoms with E-state index in [1.54, 1.807) is 6.20 Å². The van der Waals surface area contributed by atoms with Crippen LogP contribution in [-0.2, 0) is 5.75 Å². The topological polar surface area (TPSA) is 28.7 Å². The second-order valence-corrected chi connectivity index (χ2v) is 4.96. The molecule has 0 fully saturated rings. The standard InChI is InChI=1S/C7H11BrN2S/c1-5(2)11-4-7-9-3-6(8)10-7/h3,5H,4H2,1-2H3,(H,9,10). The van der Waals surface area contributed by atoms with Gasteiger partial charge in [-0.05, 0) is 21.2 Å². The first-order valence-corrected chi connectivity index (χ1v) is 5.33. The lowest BCUT2D eigenvalue weighted by molar-refractivity contribution is 1.07. The van der Waals surface area contributed by atoms with Gasteiger partial charge < -0.3 is 4.98 Å². The largest absolute Gasteiger partial charge is 0.336 e. The van der Waals surface area contributed by atoms with E-state index in [1.165, 1.54) is 0 Å². The molecule has 0 saturated carbocycles. The molecule has 0 saturated heterocycles. The minimum atomic E-state index is 0.666. The van der Waals surface area contributed by atoms with Gasteiger partial charge in [0.1, 0.15) is 10.4 Å². The van der Waals surface area contributed by atoms with Crippen molar-refractivity contribution in [2.45, 2.75) is 24.9 Å². The van der Waals surface area contributed by atoms with Crippen LogP contribution < -0.4 is 0 Å². The Bertz CT molecular complexity index is 222. The maximum Gasteiger partial charge on any atom is 0.116 e. The maximum absolute atomic E-state index is 4.16. The molecule has 62 valence electrons. The molecular weight excluding hydrogens is 224 g/mol. The zero-order valence-corrected chi connectivity index (χ0v) is 9.00. The summed E-state index contributed by atoms with van der Waals surface area (Å²) in [5.41, 5.74) is 0. The highest BCUT2D eigenvalue weighted by Gasteiger charge is 1.99. The molecule has 0 aliphatic carbocycles. The highest BCUT2D eigenvalue weighted by molar-refractivity contribution is 9.10. The summed E-state index contributed by atoms with van der Waals surface area (Å²) in [5, 5.41) is 0.666. The number of nitrogens with zero attached hydrogens (tertiary/aromatic N) is 1. The molecule has 0 aliphatic rings. The van der Waals surface area contributed by atoms with Gasteiger partial charge in [0.05, 0.1) is 11.9 Å². The molecule has 1 rings (SSSR count). The van der Waals surface area contributed by atoms with Gasteiger partial charge in [0.15, 0.2) is 0 Å². The van der Waals surface area contributed by atoms with Gasteiger partial charge in [0.2, 0.25) is 0 Å². The van der Waals surface area contributed by atoms with Crippen LogP contribution in [0, 0.1) is 0 Å². The lowest BCUT2D eigenvalue weighted by Gasteiger charge is -2.00. The first kappa shape index (κ1) is 9.13. The third-order valence-electron chi connectivity index (χ3n) is 1.15. The minimum Gasteiger partial charge on any atom is -0.336 e. The Morgan fingerprint density at radius 1 is 1.73 bits per heavy atom. The molecule has 0 amide bonds. The number of thioether (sulfide) groups is 1. The summed E-state index contributed by atoms with van der Waals surface area (Å²) in [4.78, 5) is 7.28. The predicted octanol–water partition coefficient (Wildman–Crippen LogP) is 2.81. The van der Waals surface area contributed by atoms with E-state index in [2.05, 4.69) is 39.7 Å². The van der Waals surface area contributed by atoms with Gasteiger partial charge in [-0.25, -0.2) is 4.98 Å². The molecule has 0 radical (unpaired) electrons. The first-order valence-electron chi connectivity index (χ1n) is 3.49. The molecule has 0 spiro atoms. The Morgan fingerprint density at radius 3 is 2.91 bits per heavy atom. The molecule has 4 heteroatoms. The number of imidazole rings is 1. The maximum atomic E-state index is 4.16. The van der Waals surface area contributed by atoms with E-state index < -0.39 is 0 Å². The Morgan fingerprint density at radius 2 is 2.45 bits per heavy atom. The molecule has 1 heterocycles. The second-order valence-electron chi connectivity index (χ2n) is 2.54. The number of nitrogens with one attached hydrogen (secondary N) is 1. The van der Waals surface area contributed by atoms with Crippen molar-refractivity contribution in [3.8, 4) is 0 Å². The summed E-state index contributed by atoms with van der Waals surface area (Å²) in [5.74, 6) is 2.00. The van der Waals surface area contributed by atoms with Crippen molar-refractivity contribution in [2.75, 3.05) is 0 Å². The molecule has 0 aliphatic heterocycles. The monoisotopic (exact) mass is 234 g/mol. The fraction of sp³-hybridized carbons (Fsp3) is 0.571. The van der Waals surface area contributed by atoms with E-state index in [1.807, 2.05) is 11.8 Å². The number of rotatable bonds is 3. The summed E-state index contributed by atoms with van der Waals surface area (Å²) in [6.45, 7) is 4.37. The molecule has 1 N–H and O–H groups in total. The summed E-state index contributed by atoms with van der Waals surface area (Å²) in [7, 11) is 0. The smallest absolute Gasteiger partial charge is 0.116 e. The SMILES string of the molecule is CC(C)SCc1ncc(Br)[nH]1. The molecule has 1 aromatic rings. The van der Waals surface area contributed by atoms with Crippen molar-refractivity contribution in [1.29, 1.82) is 0 Å². The number of halogens is 1. The van der Waals surface area contributed by atoms with Gasteiger partial charge in [-0.1, -0.05) is 13.8 Å².